The Labute approximate surface area is 162 Å². The molecule has 138 valence electrons. The van der Waals surface area contributed by atoms with E-state index in [1.807, 2.05) is 61.5 Å². The molecule has 3 rings (SSSR count). The number of nitrogens with zero attached hydrogens (tertiary/aromatic N) is 1. The van der Waals surface area contributed by atoms with Crippen molar-refractivity contribution in [1.82, 2.24) is 4.90 Å². The second-order valence-corrected chi connectivity index (χ2v) is 8.49. The minimum absolute atomic E-state index is 0.122. The lowest BCUT2D eigenvalue weighted by molar-refractivity contribution is -0.0327. The molecule has 1 heterocycles. The van der Waals surface area contributed by atoms with Crippen LogP contribution in [0, 0.1) is 0 Å². The van der Waals surface area contributed by atoms with E-state index in [0.29, 0.717) is 13.0 Å². The molecule has 1 aliphatic heterocycles. The van der Waals surface area contributed by atoms with Gasteiger partial charge in [-0.15, -0.1) is 0 Å². The average Bonchev–Trinajstić information content (AvgIpc) is 2.91. The summed E-state index contributed by atoms with van der Waals surface area (Å²) in [6.07, 6.45) is -0.0206. The van der Waals surface area contributed by atoms with Crippen LogP contribution in [0.3, 0.4) is 0 Å². The third-order valence-corrected chi connectivity index (χ3v) is 5.31. The van der Waals surface area contributed by atoms with Crippen LogP contribution in [0.5, 0.6) is 0 Å². The number of rotatable bonds is 5. The van der Waals surface area contributed by atoms with Crippen molar-refractivity contribution in [3.63, 3.8) is 0 Å². The Balaban J connectivity index is 1.94. The molecule has 2 aromatic carbocycles. The monoisotopic (exact) mass is 417 g/mol. The fourth-order valence-corrected chi connectivity index (χ4v) is 3.86. The molecule has 2 atom stereocenters. The predicted octanol–water partition coefficient (Wildman–Crippen LogP) is 5.02. The first-order chi connectivity index (χ1) is 12.2. The average molecular weight is 418 g/mol. The maximum absolute atomic E-state index is 12.7. The quantitative estimate of drug-likeness (QED) is 0.742. The number of aliphatic hydroxyl groups is 1. The Hall–Kier alpha value is -1.85. The second-order valence-electron chi connectivity index (χ2n) is 7.57. The van der Waals surface area contributed by atoms with Crippen LogP contribution in [-0.4, -0.2) is 28.2 Å². The largest absolute Gasteiger partial charge is 0.436 e. The van der Waals surface area contributed by atoms with Gasteiger partial charge in [0.05, 0.1) is 18.2 Å². The third kappa shape index (κ3) is 3.94. The molecule has 2 aromatic rings. The summed E-state index contributed by atoms with van der Waals surface area (Å²) < 4.78 is 6.91. The molecule has 26 heavy (non-hydrogen) atoms. The number of carbonyl (C=O) groups excluding carboxylic acids is 1. The van der Waals surface area contributed by atoms with Crippen molar-refractivity contribution < 1.29 is 14.6 Å². The minimum atomic E-state index is -0.965. The van der Waals surface area contributed by atoms with Crippen molar-refractivity contribution in [2.75, 3.05) is 6.54 Å². The number of amides is 1. The van der Waals surface area contributed by atoms with E-state index in [2.05, 4.69) is 15.9 Å². The fraction of sp³-hybridized carbons (Fsp3) is 0.381. The summed E-state index contributed by atoms with van der Waals surface area (Å²) in [6.45, 7) is 5.88. The molecule has 0 unspecified atom stereocenters. The van der Waals surface area contributed by atoms with Crippen molar-refractivity contribution in [3.05, 3.63) is 70.2 Å². The zero-order chi connectivity index (χ0) is 18.9. The van der Waals surface area contributed by atoms with Gasteiger partial charge in [-0.1, -0.05) is 58.4 Å². The van der Waals surface area contributed by atoms with E-state index in [1.54, 1.807) is 18.7 Å². The summed E-state index contributed by atoms with van der Waals surface area (Å²) in [7, 11) is 0. The SMILES string of the molecule is C[C@@H](c1ccc(Br)cc1)N1C[C@](CC(C)(C)O)(c2ccccc2)OC1=O. The van der Waals surface area contributed by atoms with Crippen LogP contribution in [-0.2, 0) is 10.3 Å². The maximum atomic E-state index is 12.7. The topological polar surface area (TPSA) is 49.8 Å². The third-order valence-electron chi connectivity index (χ3n) is 4.78. The Morgan fingerprint density at radius 1 is 1.19 bits per heavy atom. The van der Waals surface area contributed by atoms with Crippen LogP contribution in [0.1, 0.15) is 44.4 Å². The second kappa shape index (κ2) is 7.05. The summed E-state index contributed by atoms with van der Waals surface area (Å²) in [5.41, 5.74) is 0.117. The molecule has 1 aliphatic rings. The maximum Gasteiger partial charge on any atom is 0.411 e. The molecule has 0 spiro atoms. The van der Waals surface area contributed by atoms with Crippen LogP contribution in [0.25, 0.3) is 0 Å². The van der Waals surface area contributed by atoms with E-state index < -0.39 is 11.2 Å². The molecule has 4 nitrogen and oxygen atoms in total. The van der Waals surface area contributed by atoms with Gasteiger partial charge in [0, 0.05) is 10.9 Å². The Kier molecular flexibility index (Phi) is 5.13. The fourth-order valence-electron chi connectivity index (χ4n) is 3.60. The molecule has 0 bridgehead atoms. The van der Waals surface area contributed by atoms with Crippen molar-refractivity contribution in [2.24, 2.45) is 0 Å². The zero-order valence-corrected chi connectivity index (χ0v) is 16.9. The van der Waals surface area contributed by atoms with Gasteiger partial charge in [0.25, 0.3) is 0 Å². The van der Waals surface area contributed by atoms with Crippen molar-refractivity contribution >= 4 is 22.0 Å². The summed E-state index contributed by atoms with van der Waals surface area (Å²) in [6, 6.07) is 17.5. The Bertz CT molecular complexity index is 770. The first-order valence-electron chi connectivity index (χ1n) is 8.73. The van der Waals surface area contributed by atoms with Crippen LogP contribution in [0.4, 0.5) is 4.79 Å². The highest BCUT2D eigenvalue weighted by atomic mass is 79.9. The number of hydrogen-bond donors (Lipinski definition) is 1. The molecule has 1 N–H and O–H groups in total. The van der Waals surface area contributed by atoms with Crippen LogP contribution in [0.15, 0.2) is 59.1 Å². The Morgan fingerprint density at radius 3 is 2.38 bits per heavy atom. The standard InChI is InChI=1S/C21H24BrNO3/c1-15(16-9-11-18(22)12-10-16)23-14-21(26-19(23)24,13-20(2,3)25)17-7-5-4-6-8-17/h4-12,15,25H,13-14H2,1-3H3/t15-,21+/m0/s1. The highest BCUT2D eigenvalue weighted by Crippen LogP contribution is 2.42. The highest BCUT2D eigenvalue weighted by molar-refractivity contribution is 9.10. The molecule has 0 aromatic heterocycles. The minimum Gasteiger partial charge on any atom is -0.436 e. The molecule has 1 amide bonds. The smallest absolute Gasteiger partial charge is 0.411 e. The summed E-state index contributed by atoms with van der Waals surface area (Å²) in [4.78, 5) is 14.5. The number of halogens is 1. The van der Waals surface area contributed by atoms with Gasteiger partial charge in [-0.25, -0.2) is 4.79 Å². The number of carbonyl (C=O) groups is 1. The van der Waals surface area contributed by atoms with Gasteiger partial charge in [0.1, 0.15) is 0 Å². The zero-order valence-electron chi connectivity index (χ0n) is 15.3. The van der Waals surface area contributed by atoms with Crippen LogP contribution in [0.2, 0.25) is 0 Å². The molecule has 0 saturated carbocycles. The van der Waals surface area contributed by atoms with Gasteiger partial charge in [-0.2, -0.15) is 0 Å². The molecule has 5 heteroatoms. The van der Waals surface area contributed by atoms with Gasteiger partial charge >= 0.3 is 6.09 Å². The van der Waals surface area contributed by atoms with E-state index >= 15 is 0 Å². The van der Waals surface area contributed by atoms with E-state index in [-0.39, 0.29) is 12.1 Å². The molecule has 1 saturated heterocycles. The molecule has 0 radical (unpaired) electrons. The van der Waals surface area contributed by atoms with E-state index in [9.17, 15) is 9.90 Å². The van der Waals surface area contributed by atoms with E-state index in [1.165, 1.54) is 0 Å². The normalized spacial score (nSPS) is 21.6. The van der Waals surface area contributed by atoms with Gasteiger partial charge in [-0.05, 0) is 44.0 Å². The Morgan fingerprint density at radius 2 is 1.81 bits per heavy atom. The molecule has 1 fully saturated rings. The van der Waals surface area contributed by atoms with Gasteiger partial charge in [-0.3, -0.25) is 4.90 Å². The number of ether oxygens (including phenoxy) is 1. The summed E-state index contributed by atoms with van der Waals surface area (Å²) in [5.74, 6) is 0. The van der Waals surface area contributed by atoms with E-state index in [0.717, 1.165) is 15.6 Å². The van der Waals surface area contributed by atoms with Crippen LogP contribution < -0.4 is 0 Å². The molecule has 0 aliphatic carbocycles. The van der Waals surface area contributed by atoms with Gasteiger partial charge < -0.3 is 9.84 Å². The summed E-state index contributed by atoms with van der Waals surface area (Å²) in [5, 5.41) is 10.4. The van der Waals surface area contributed by atoms with Crippen LogP contribution >= 0.6 is 15.9 Å². The lowest BCUT2D eigenvalue weighted by Gasteiger charge is -2.33. The number of cyclic esters (lactones) is 1. The van der Waals surface area contributed by atoms with Crippen molar-refractivity contribution in [2.45, 2.75) is 44.4 Å². The molecular formula is C21H24BrNO3. The lowest BCUT2D eigenvalue weighted by atomic mass is 9.83. The lowest BCUT2D eigenvalue weighted by Crippen LogP contribution is -2.39. The van der Waals surface area contributed by atoms with Gasteiger partial charge in [0.2, 0.25) is 0 Å². The summed E-state index contributed by atoms with van der Waals surface area (Å²) >= 11 is 3.44. The van der Waals surface area contributed by atoms with Crippen molar-refractivity contribution in [1.29, 1.82) is 0 Å². The number of hydrogen-bond acceptors (Lipinski definition) is 3. The van der Waals surface area contributed by atoms with Gasteiger partial charge in [0.15, 0.2) is 5.60 Å². The predicted molar refractivity (Wildman–Crippen MR) is 105 cm³/mol. The first kappa shape index (κ1) is 18.9. The van der Waals surface area contributed by atoms with Crippen molar-refractivity contribution in [3.8, 4) is 0 Å². The number of benzene rings is 2. The highest BCUT2D eigenvalue weighted by Gasteiger charge is 2.50. The molecular weight excluding hydrogens is 394 g/mol. The first-order valence-corrected chi connectivity index (χ1v) is 9.52. The van der Waals surface area contributed by atoms with E-state index in [4.69, 9.17) is 4.74 Å².